The van der Waals surface area contributed by atoms with Gasteiger partial charge in [-0.05, 0) is 161 Å². The van der Waals surface area contributed by atoms with Crippen molar-refractivity contribution in [3.05, 3.63) is 170 Å². The smallest absolute Gasteiger partial charge is 0.462 e. The molecular weight excluding hydrogens is 1350 g/mol. The van der Waals surface area contributed by atoms with Crippen molar-refractivity contribution in [2.45, 2.75) is 303 Å². The molecule has 0 aromatic carbocycles. The number of ether oxygens (including phenoxy) is 4. The molecule has 104 heavy (non-hydrogen) atoms. The number of allylic oxidation sites excluding steroid dienone is 28. The molecule has 0 saturated heterocycles. The second kappa shape index (κ2) is 75.6. The Hall–Kier alpha value is -5.58. The summed E-state index contributed by atoms with van der Waals surface area (Å²) in [5.74, 6) is -2.31. The molecule has 0 bridgehead atoms. The van der Waals surface area contributed by atoms with Gasteiger partial charge in [-0.15, -0.1) is 0 Å². The highest BCUT2D eigenvalue weighted by Gasteiger charge is 2.30. The van der Waals surface area contributed by atoms with E-state index < -0.39 is 97.5 Å². The van der Waals surface area contributed by atoms with Crippen LogP contribution >= 0.6 is 15.6 Å². The van der Waals surface area contributed by atoms with E-state index >= 15 is 0 Å². The summed E-state index contributed by atoms with van der Waals surface area (Å²) in [6, 6.07) is 0. The van der Waals surface area contributed by atoms with E-state index in [1.807, 2.05) is 12.2 Å². The molecule has 5 atom stereocenters. The van der Waals surface area contributed by atoms with Crippen molar-refractivity contribution >= 4 is 39.5 Å². The van der Waals surface area contributed by atoms with Crippen molar-refractivity contribution in [1.82, 2.24) is 0 Å². The van der Waals surface area contributed by atoms with E-state index in [0.29, 0.717) is 32.1 Å². The van der Waals surface area contributed by atoms with Crippen LogP contribution < -0.4 is 0 Å². The lowest BCUT2D eigenvalue weighted by Crippen LogP contribution is -2.30. The van der Waals surface area contributed by atoms with Gasteiger partial charge in [0.25, 0.3) is 0 Å². The SMILES string of the molecule is CC/C=C\C/C=C\C/C=C\C/C=C\C/C=C\CCCC(=O)OCC(COP(=O)(O)OCC(O)COP(=O)(O)OCC(COC(=O)CCCCCCCC/C=C\C/C=C\C/C=C\C/C=C\CC)OC(=O)CCCCCCC/C=C\CCCC)OC(=O)CCCCCC/C=C\C/C=C\C/C=C\C/C=C\CC. The molecule has 3 N–H and O–H groups in total. The van der Waals surface area contributed by atoms with Crippen molar-refractivity contribution in [2.24, 2.45) is 0 Å². The number of hydrogen-bond donors (Lipinski definition) is 3. The Morgan fingerprint density at radius 1 is 0.279 bits per heavy atom. The van der Waals surface area contributed by atoms with Crippen molar-refractivity contribution < 1.29 is 80.2 Å². The molecule has 0 spiro atoms. The van der Waals surface area contributed by atoms with Crippen molar-refractivity contribution in [3.63, 3.8) is 0 Å². The van der Waals surface area contributed by atoms with Crippen LogP contribution in [0.5, 0.6) is 0 Å². The zero-order valence-corrected chi connectivity index (χ0v) is 66.2. The van der Waals surface area contributed by atoms with Crippen LogP contribution in [0.3, 0.4) is 0 Å². The number of esters is 4. The fourth-order valence-corrected chi connectivity index (χ4v) is 11.3. The average molecular weight is 1490 g/mol. The molecule has 590 valence electrons. The van der Waals surface area contributed by atoms with Gasteiger partial charge < -0.3 is 33.8 Å². The van der Waals surface area contributed by atoms with Gasteiger partial charge in [-0.2, -0.15) is 0 Å². The highest BCUT2D eigenvalue weighted by molar-refractivity contribution is 7.47. The van der Waals surface area contributed by atoms with Gasteiger partial charge in [-0.25, -0.2) is 9.13 Å². The molecule has 0 rings (SSSR count). The third kappa shape index (κ3) is 74.7. The van der Waals surface area contributed by atoms with Crippen LogP contribution in [0, 0.1) is 0 Å². The van der Waals surface area contributed by atoms with E-state index in [1.54, 1.807) is 0 Å². The molecule has 0 aliphatic rings. The van der Waals surface area contributed by atoms with E-state index in [1.165, 1.54) is 12.8 Å². The normalized spacial score (nSPS) is 14.8. The summed E-state index contributed by atoms with van der Waals surface area (Å²) in [5.41, 5.74) is 0. The van der Waals surface area contributed by atoms with Crippen molar-refractivity contribution in [2.75, 3.05) is 39.6 Å². The fourth-order valence-electron chi connectivity index (χ4n) is 9.75. The summed E-state index contributed by atoms with van der Waals surface area (Å²) in [4.78, 5) is 72.9. The molecule has 0 heterocycles. The summed E-state index contributed by atoms with van der Waals surface area (Å²) in [5, 5.41) is 10.6. The third-order valence-electron chi connectivity index (χ3n) is 15.7. The zero-order chi connectivity index (χ0) is 76.0. The Morgan fingerprint density at radius 2 is 0.510 bits per heavy atom. The van der Waals surface area contributed by atoms with E-state index in [-0.39, 0.29) is 25.7 Å². The zero-order valence-electron chi connectivity index (χ0n) is 64.4. The first-order chi connectivity index (χ1) is 50.7. The number of hydrogen-bond acceptors (Lipinski definition) is 15. The Bertz CT molecular complexity index is 2640. The minimum absolute atomic E-state index is 0.0483. The molecule has 0 aliphatic carbocycles. The van der Waals surface area contributed by atoms with Gasteiger partial charge in [0.05, 0.1) is 26.4 Å². The predicted molar refractivity (Wildman–Crippen MR) is 426 cm³/mol. The molecule has 0 aromatic heterocycles. The van der Waals surface area contributed by atoms with Crippen molar-refractivity contribution in [1.29, 1.82) is 0 Å². The lowest BCUT2D eigenvalue weighted by atomic mass is 10.1. The number of carbonyl (C=O) groups excluding carboxylic acids is 4. The Morgan fingerprint density at radius 3 is 0.817 bits per heavy atom. The van der Waals surface area contributed by atoms with E-state index in [0.717, 1.165) is 186 Å². The minimum atomic E-state index is -5.00. The van der Waals surface area contributed by atoms with Gasteiger partial charge in [0.1, 0.15) is 19.3 Å². The summed E-state index contributed by atoms with van der Waals surface area (Å²) in [6.45, 7) is 4.36. The van der Waals surface area contributed by atoms with E-state index in [4.69, 9.17) is 37.0 Å². The maximum absolute atomic E-state index is 13.1. The van der Waals surface area contributed by atoms with Gasteiger partial charge in [0, 0.05) is 25.7 Å². The monoisotopic (exact) mass is 1490 g/mol. The van der Waals surface area contributed by atoms with Crippen LogP contribution in [-0.2, 0) is 65.4 Å². The Balaban J connectivity index is 5.43. The van der Waals surface area contributed by atoms with Gasteiger partial charge in [-0.3, -0.25) is 37.3 Å². The maximum atomic E-state index is 13.1. The molecule has 19 heteroatoms. The average Bonchev–Trinajstić information content (AvgIpc) is 0.930. The number of phosphoric acid groups is 2. The number of aliphatic hydroxyl groups is 1. The standard InChI is InChI=1S/C85H138O17P2/c1-5-9-13-17-21-25-29-32-35-38-39-42-44-47-51-54-58-62-66-70-82(87)95-75-80(101-84(89)71-67-63-59-55-49-28-24-20-16-12-8-4)77-99-103(91,92)97-73-79(86)74-98-104(93,94)100-78-81(102-85(90)72-68-64-60-56-52-48-45-41-37-34-31-27-23-19-15-11-7-3)76-96-83(88)69-65-61-57-53-50-46-43-40-36-33-30-26-22-18-14-10-6-2/h9-11,13-15,20-27,32-37,39,42-43,45-46,48,53,57,79-81,86H,5-8,12,16-19,28-31,38,40-41,44,47,49-52,54-56,58-78H2,1-4H3,(H,91,92)(H,93,94)/b13-9-,14-10-,15-11-,24-20-,25-21-,26-22-,27-23-,35-32-,36-33-,37-34-,42-39-,46-43-,48-45-,57-53-. The number of rotatable bonds is 72. The molecule has 17 nitrogen and oxygen atoms in total. The molecule has 0 saturated carbocycles. The quantitative estimate of drug-likeness (QED) is 0.0169. The first kappa shape index (κ1) is 98.4. The van der Waals surface area contributed by atoms with Crippen LogP contribution in [-0.4, -0.2) is 96.7 Å². The largest absolute Gasteiger partial charge is 0.472 e. The maximum Gasteiger partial charge on any atom is 0.472 e. The number of aliphatic hydroxyl groups excluding tert-OH is 1. The van der Waals surface area contributed by atoms with Crippen LogP contribution in [0.4, 0.5) is 0 Å². The second-order valence-corrected chi connectivity index (χ2v) is 28.4. The van der Waals surface area contributed by atoms with E-state index in [2.05, 4.69) is 186 Å². The number of carbonyl (C=O) groups is 4. The molecular formula is C85H138O17P2. The second-order valence-electron chi connectivity index (χ2n) is 25.5. The highest BCUT2D eigenvalue weighted by Crippen LogP contribution is 2.45. The minimum Gasteiger partial charge on any atom is -0.462 e. The van der Waals surface area contributed by atoms with Gasteiger partial charge in [0.15, 0.2) is 12.2 Å². The molecule has 0 radical (unpaired) electrons. The third-order valence-corrected chi connectivity index (χ3v) is 17.6. The van der Waals surface area contributed by atoms with Crippen LogP contribution in [0.1, 0.15) is 285 Å². The summed E-state index contributed by atoms with van der Waals surface area (Å²) >= 11 is 0. The first-order valence-corrected chi connectivity index (χ1v) is 42.4. The number of unbranched alkanes of at least 4 members (excludes halogenated alkanes) is 18. The first-order valence-electron chi connectivity index (χ1n) is 39.4. The Kier molecular flexibility index (Phi) is 71.6. The van der Waals surface area contributed by atoms with E-state index in [9.17, 15) is 43.2 Å². The number of phosphoric ester groups is 2. The van der Waals surface area contributed by atoms with Gasteiger partial charge >= 0.3 is 39.5 Å². The fraction of sp³-hybridized carbons (Fsp3) is 0.624. The summed E-state index contributed by atoms with van der Waals surface area (Å²) in [6.07, 6.45) is 89.2. The molecule has 0 amide bonds. The van der Waals surface area contributed by atoms with Gasteiger partial charge in [0.2, 0.25) is 0 Å². The summed E-state index contributed by atoms with van der Waals surface area (Å²) < 4.78 is 68.5. The molecule has 0 aliphatic heterocycles. The lowest BCUT2D eigenvalue weighted by Gasteiger charge is -2.21. The van der Waals surface area contributed by atoms with Crippen molar-refractivity contribution in [3.8, 4) is 0 Å². The van der Waals surface area contributed by atoms with Crippen LogP contribution in [0.2, 0.25) is 0 Å². The topological polar surface area (TPSA) is 237 Å². The molecule has 0 aromatic rings. The van der Waals surface area contributed by atoms with Gasteiger partial charge in [-0.1, -0.05) is 268 Å². The summed E-state index contributed by atoms with van der Waals surface area (Å²) in [7, 11) is -10.00. The molecule has 5 unspecified atom stereocenters. The Labute approximate surface area is 629 Å². The van der Waals surface area contributed by atoms with Crippen LogP contribution in [0.15, 0.2) is 170 Å². The lowest BCUT2D eigenvalue weighted by molar-refractivity contribution is -0.161. The predicted octanol–water partition coefficient (Wildman–Crippen LogP) is 23.0. The molecule has 0 fully saturated rings. The van der Waals surface area contributed by atoms with Crippen LogP contribution in [0.25, 0.3) is 0 Å². The highest BCUT2D eigenvalue weighted by atomic mass is 31.2.